The molecule has 0 radical (unpaired) electrons. The number of anilines is 1. The molecule has 2 aromatic rings. The highest BCUT2D eigenvalue weighted by Crippen LogP contribution is 2.26. The monoisotopic (exact) mass is 329 g/mol. The average Bonchev–Trinajstić information content (AvgIpc) is 2.58. The molecule has 7 heteroatoms. The first-order valence-electron chi connectivity index (χ1n) is 7.36. The second-order valence-electron chi connectivity index (χ2n) is 5.06. The Morgan fingerprint density at radius 3 is 2.83 bits per heavy atom. The molecule has 0 saturated carbocycles. The topological polar surface area (TPSA) is 88.2 Å². The second-order valence-corrected chi connectivity index (χ2v) is 5.06. The highest BCUT2D eigenvalue weighted by atomic mass is 19.1. The van der Waals surface area contributed by atoms with Gasteiger partial charge in [-0.2, -0.15) is 5.26 Å². The standard InChI is InChI=1S/C17H16FN3O3/c1-2-14(10-19)24-15-5-3-4-12(8-15)11-20-16-7-6-13(18)9-17(16)21(22)23/h3-9,14,20H,2,11H2,1H3. The van der Waals surface area contributed by atoms with Crippen LogP contribution in [0, 0.1) is 27.3 Å². The first kappa shape index (κ1) is 17.2. The summed E-state index contributed by atoms with van der Waals surface area (Å²) >= 11 is 0. The predicted molar refractivity (Wildman–Crippen MR) is 87.1 cm³/mol. The van der Waals surface area contributed by atoms with E-state index in [0.29, 0.717) is 18.7 Å². The van der Waals surface area contributed by atoms with Crippen LogP contribution >= 0.6 is 0 Å². The summed E-state index contributed by atoms with van der Waals surface area (Å²) in [6.07, 6.45) is 0.0483. The van der Waals surface area contributed by atoms with Crippen molar-refractivity contribution in [1.82, 2.24) is 0 Å². The molecular formula is C17H16FN3O3. The lowest BCUT2D eigenvalue weighted by atomic mass is 10.2. The number of rotatable bonds is 7. The summed E-state index contributed by atoms with van der Waals surface area (Å²) in [5.74, 6) is -0.110. The van der Waals surface area contributed by atoms with E-state index in [4.69, 9.17) is 10.00 Å². The van der Waals surface area contributed by atoms with Crippen molar-refractivity contribution >= 4 is 11.4 Å². The van der Waals surface area contributed by atoms with Crippen LogP contribution in [0.4, 0.5) is 15.8 Å². The van der Waals surface area contributed by atoms with Gasteiger partial charge in [0.15, 0.2) is 6.10 Å². The van der Waals surface area contributed by atoms with Gasteiger partial charge < -0.3 is 10.1 Å². The van der Waals surface area contributed by atoms with Crippen LogP contribution in [0.15, 0.2) is 42.5 Å². The van der Waals surface area contributed by atoms with Gasteiger partial charge in [0.25, 0.3) is 5.69 Å². The number of ether oxygens (including phenoxy) is 1. The van der Waals surface area contributed by atoms with Crippen LogP contribution in [0.5, 0.6) is 5.75 Å². The lowest BCUT2D eigenvalue weighted by molar-refractivity contribution is -0.384. The molecule has 1 unspecified atom stereocenters. The van der Waals surface area contributed by atoms with Crippen LogP contribution in [0.2, 0.25) is 0 Å². The molecule has 0 aliphatic rings. The van der Waals surface area contributed by atoms with Crippen LogP contribution in [0.3, 0.4) is 0 Å². The van der Waals surface area contributed by atoms with Crippen molar-refractivity contribution in [3.05, 3.63) is 64.0 Å². The Hall–Kier alpha value is -3.14. The quantitative estimate of drug-likeness (QED) is 0.612. The number of nitro groups is 1. The number of nitrogens with one attached hydrogen (secondary N) is 1. The molecule has 24 heavy (non-hydrogen) atoms. The number of nitro benzene ring substituents is 1. The molecule has 2 rings (SSSR count). The Labute approximate surface area is 138 Å². The molecule has 0 aliphatic heterocycles. The van der Waals surface area contributed by atoms with Crippen LogP contribution < -0.4 is 10.1 Å². The summed E-state index contributed by atoms with van der Waals surface area (Å²) in [6, 6.07) is 12.5. The molecule has 1 atom stereocenters. The van der Waals surface area contributed by atoms with Crippen LogP contribution in [-0.4, -0.2) is 11.0 Å². The maximum absolute atomic E-state index is 13.1. The predicted octanol–water partition coefficient (Wildman–Crippen LogP) is 4.03. The minimum atomic E-state index is -0.662. The number of nitriles is 1. The van der Waals surface area contributed by atoms with Gasteiger partial charge in [0.2, 0.25) is 0 Å². The van der Waals surface area contributed by atoms with Crippen molar-refractivity contribution in [2.75, 3.05) is 5.32 Å². The first-order valence-corrected chi connectivity index (χ1v) is 7.36. The minimum Gasteiger partial charge on any atom is -0.476 e. The van der Waals surface area contributed by atoms with Crippen LogP contribution in [0.1, 0.15) is 18.9 Å². The third-order valence-corrected chi connectivity index (χ3v) is 3.33. The lowest BCUT2D eigenvalue weighted by Crippen LogP contribution is -2.12. The Morgan fingerprint density at radius 1 is 1.38 bits per heavy atom. The van der Waals surface area contributed by atoms with Crippen LogP contribution in [0.25, 0.3) is 0 Å². The highest BCUT2D eigenvalue weighted by molar-refractivity contribution is 5.61. The fourth-order valence-electron chi connectivity index (χ4n) is 2.10. The zero-order valence-corrected chi connectivity index (χ0v) is 13.0. The van der Waals surface area contributed by atoms with Crippen molar-refractivity contribution in [2.45, 2.75) is 26.0 Å². The maximum Gasteiger partial charge on any atom is 0.295 e. The molecule has 1 N–H and O–H groups in total. The summed E-state index contributed by atoms with van der Waals surface area (Å²) < 4.78 is 18.7. The number of benzene rings is 2. The fraction of sp³-hybridized carbons (Fsp3) is 0.235. The molecule has 0 saturated heterocycles. The van der Waals surface area contributed by atoms with E-state index in [-0.39, 0.29) is 11.4 Å². The average molecular weight is 329 g/mol. The molecule has 0 aliphatic carbocycles. The fourth-order valence-corrected chi connectivity index (χ4v) is 2.10. The zero-order chi connectivity index (χ0) is 17.5. The Balaban J connectivity index is 2.10. The molecule has 0 bridgehead atoms. The summed E-state index contributed by atoms with van der Waals surface area (Å²) in [4.78, 5) is 10.3. The van der Waals surface area contributed by atoms with Gasteiger partial charge in [-0.15, -0.1) is 0 Å². The van der Waals surface area contributed by atoms with Gasteiger partial charge in [-0.1, -0.05) is 19.1 Å². The van der Waals surface area contributed by atoms with E-state index >= 15 is 0 Å². The van der Waals surface area contributed by atoms with Crippen molar-refractivity contribution < 1.29 is 14.1 Å². The maximum atomic E-state index is 13.1. The molecule has 0 aromatic heterocycles. The van der Waals surface area contributed by atoms with E-state index in [1.165, 1.54) is 6.07 Å². The van der Waals surface area contributed by atoms with Crippen molar-refractivity contribution in [3.63, 3.8) is 0 Å². The summed E-state index contributed by atoms with van der Waals surface area (Å²) in [5.41, 5.74) is 0.730. The Kier molecular flexibility index (Phi) is 5.68. The summed E-state index contributed by atoms with van der Waals surface area (Å²) in [6.45, 7) is 2.15. The van der Waals surface area contributed by atoms with E-state index in [9.17, 15) is 14.5 Å². The van der Waals surface area contributed by atoms with Crippen molar-refractivity contribution in [3.8, 4) is 11.8 Å². The molecule has 0 amide bonds. The van der Waals surface area contributed by atoms with E-state index in [2.05, 4.69) is 11.4 Å². The van der Waals surface area contributed by atoms with Gasteiger partial charge in [-0.05, 0) is 36.2 Å². The third-order valence-electron chi connectivity index (χ3n) is 3.33. The van der Waals surface area contributed by atoms with E-state index in [1.54, 1.807) is 18.2 Å². The highest BCUT2D eigenvalue weighted by Gasteiger charge is 2.14. The second kappa shape index (κ2) is 7.92. The van der Waals surface area contributed by atoms with Crippen molar-refractivity contribution in [2.24, 2.45) is 0 Å². The number of nitrogens with zero attached hydrogens (tertiary/aromatic N) is 2. The lowest BCUT2D eigenvalue weighted by Gasteiger charge is -2.12. The largest absolute Gasteiger partial charge is 0.476 e. The van der Waals surface area contributed by atoms with Gasteiger partial charge in [-0.3, -0.25) is 10.1 Å². The van der Waals surface area contributed by atoms with E-state index in [0.717, 1.165) is 17.7 Å². The van der Waals surface area contributed by atoms with Gasteiger partial charge in [0, 0.05) is 6.54 Å². The third kappa shape index (κ3) is 4.43. The number of hydrogen-bond acceptors (Lipinski definition) is 5. The molecule has 0 fully saturated rings. The molecule has 124 valence electrons. The summed E-state index contributed by atoms with van der Waals surface area (Å²) in [7, 11) is 0. The molecule has 6 nitrogen and oxygen atoms in total. The minimum absolute atomic E-state index is 0.233. The van der Waals surface area contributed by atoms with Crippen LogP contribution in [-0.2, 0) is 6.54 Å². The summed E-state index contributed by atoms with van der Waals surface area (Å²) in [5, 5.41) is 22.8. The molecular weight excluding hydrogens is 313 g/mol. The zero-order valence-electron chi connectivity index (χ0n) is 13.0. The molecule has 2 aromatic carbocycles. The normalized spacial score (nSPS) is 11.4. The van der Waals surface area contributed by atoms with Gasteiger partial charge >= 0.3 is 0 Å². The molecule has 0 spiro atoms. The number of hydrogen-bond donors (Lipinski definition) is 1. The van der Waals surface area contributed by atoms with Crippen molar-refractivity contribution in [1.29, 1.82) is 5.26 Å². The molecule has 0 heterocycles. The SMILES string of the molecule is CCC(C#N)Oc1cccc(CNc2ccc(F)cc2[N+](=O)[O-])c1. The Bertz CT molecular complexity index is 774. The van der Waals surface area contributed by atoms with Gasteiger partial charge in [0.05, 0.1) is 11.0 Å². The van der Waals surface area contributed by atoms with E-state index < -0.39 is 16.8 Å². The smallest absolute Gasteiger partial charge is 0.295 e. The first-order chi connectivity index (χ1) is 11.5. The van der Waals surface area contributed by atoms with Gasteiger partial charge in [-0.25, -0.2) is 4.39 Å². The van der Waals surface area contributed by atoms with E-state index in [1.807, 2.05) is 13.0 Å². The number of halogens is 1. The Morgan fingerprint density at radius 2 is 2.17 bits per heavy atom. The van der Waals surface area contributed by atoms with Gasteiger partial charge in [0.1, 0.15) is 23.3 Å².